The molecule has 0 radical (unpaired) electrons. The van der Waals surface area contributed by atoms with Crippen molar-refractivity contribution in [3.05, 3.63) is 0 Å². The summed E-state index contributed by atoms with van der Waals surface area (Å²) < 4.78 is 5.60. The van der Waals surface area contributed by atoms with E-state index in [0.717, 1.165) is 37.5 Å². The van der Waals surface area contributed by atoms with Gasteiger partial charge in [0.25, 0.3) is 0 Å². The first kappa shape index (κ1) is 13.8. The van der Waals surface area contributed by atoms with Crippen LogP contribution in [0.1, 0.15) is 39.0 Å². The number of hydrogen-bond acceptors (Lipinski definition) is 3. The number of fused-ring (bicyclic) bond motifs is 1. The highest BCUT2D eigenvalue weighted by Gasteiger charge is 2.37. The van der Waals surface area contributed by atoms with E-state index in [1.165, 1.54) is 51.7 Å². The molecule has 3 nitrogen and oxygen atoms in total. The highest BCUT2D eigenvalue weighted by atomic mass is 16.5. The first-order valence-electron chi connectivity index (χ1n) is 8.40. The predicted octanol–water partition coefficient (Wildman–Crippen LogP) is 2.12. The Balaban J connectivity index is 1.51. The van der Waals surface area contributed by atoms with E-state index >= 15 is 0 Å². The third-order valence-electron chi connectivity index (χ3n) is 5.45. The Morgan fingerprint density at radius 1 is 1.21 bits per heavy atom. The molecule has 3 aliphatic rings. The summed E-state index contributed by atoms with van der Waals surface area (Å²) in [5.74, 6) is 2.78. The molecule has 2 aliphatic heterocycles. The van der Waals surface area contributed by atoms with Crippen molar-refractivity contribution in [2.45, 2.75) is 45.1 Å². The van der Waals surface area contributed by atoms with Crippen molar-refractivity contribution in [3.8, 4) is 0 Å². The quantitative estimate of drug-likeness (QED) is 0.797. The maximum atomic E-state index is 5.60. The van der Waals surface area contributed by atoms with Gasteiger partial charge in [0, 0.05) is 38.2 Å². The summed E-state index contributed by atoms with van der Waals surface area (Å²) in [6, 6.07) is 0.654. The lowest BCUT2D eigenvalue weighted by Crippen LogP contribution is -2.46. The molecule has 3 heteroatoms. The van der Waals surface area contributed by atoms with Gasteiger partial charge in [0.1, 0.15) is 0 Å². The fourth-order valence-corrected chi connectivity index (χ4v) is 4.34. The molecule has 0 bridgehead atoms. The topological polar surface area (TPSA) is 24.5 Å². The minimum absolute atomic E-state index is 0.654. The molecule has 3 rings (SSSR count). The largest absolute Gasteiger partial charge is 0.381 e. The highest BCUT2D eigenvalue weighted by molar-refractivity contribution is 4.91. The van der Waals surface area contributed by atoms with Gasteiger partial charge in [-0.15, -0.1) is 0 Å². The summed E-state index contributed by atoms with van der Waals surface area (Å²) in [6.45, 7) is 9.34. The number of ether oxygens (including phenoxy) is 1. The van der Waals surface area contributed by atoms with Gasteiger partial charge in [-0.3, -0.25) is 0 Å². The van der Waals surface area contributed by atoms with Gasteiger partial charge in [0.05, 0.1) is 6.61 Å². The smallest absolute Gasteiger partial charge is 0.0510 e. The highest BCUT2D eigenvalue weighted by Crippen LogP contribution is 2.37. The Morgan fingerprint density at radius 2 is 2.00 bits per heavy atom. The van der Waals surface area contributed by atoms with Crippen LogP contribution in [-0.2, 0) is 4.74 Å². The fourth-order valence-electron chi connectivity index (χ4n) is 4.34. The first-order chi connectivity index (χ1) is 9.36. The molecule has 2 saturated heterocycles. The van der Waals surface area contributed by atoms with Gasteiger partial charge in [-0.2, -0.15) is 0 Å². The van der Waals surface area contributed by atoms with Crippen molar-refractivity contribution in [1.29, 1.82) is 0 Å². The summed E-state index contributed by atoms with van der Waals surface area (Å²) in [4.78, 5) is 2.74. The van der Waals surface area contributed by atoms with Crippen LogP contribution in [0.5, 0.6) is 0 Å². The van der Waals surface area contributed by atoms with Crippen molar-refractivity contribution in [2.75, 3.05) is 39.4 Å². The third-order valence-corrected chi connectivity index (χ3v) is 5.45. The SMILES string of the molecule is CCCNC(CN1CC2CCCC2C1)C1CCOC1. The maximum absolute atomic E-state index is 5.60. The van der Waals surface area contributed by atoms with E-state index in [1.807, 2.05) is 0 Å². The zero-order chi connectivity index (χ0) is 13.1. The normalized spacial score (nSPS) is 36.8. The average molecular weight is 266 g/mol. The molecule has 3 fully saturated rings. The summed E-state index contributed by atoms with van der Waals surface area (Å²) in [5, 5.41) is 3.78. The number of nitrogens with one attached hydrogen (secondary N) is 1. The molecular formula is C16H30N2O. The van der Waals surface area contributed by atoms with Crippen LogP contribution in [0.15, 0.2) is 0 Å². The second-order valence-corrected chi connectivity index (χ2v) is 6.85. The Kier molecular flexibility index (Phi) is 4.78. The van der Waals surface area contributed by atoms with Crippen LogP contribution >= 0.6 is 0 Å². The van der Waals surface area contributed by atoms with Crippen LogP contribution in [-0.4, -0.2) is 50.3 Å². The molecule has 2 heterocycles. The lowest BCUT2D eigenvalue weighted by molar-refractivity contribution is 0.164. The van der Waals surface area contributed by atoms with Crippen molar-refractivity contribution < 1.29 is 4.74 Å². The zero-order valence-electron chi connectivity index (χ0n) is 12.4. The van der Waals surface area contributed by atoms with E-state index in [4.69, 9.17) is 4.74 Å². The minimum atomic E-state index is 0.654. The van der Waals surface area contributed by atoms with Crippen LogP contribution in [0, 0.1) is 17.8 Å². The molecule has 0 aromatic carbocycles. The predicted molar refractivity (Wildman–Crippen MR) is 78.3 cm³/mol. The van der Waals surface area contributed by atoms with Gasteiger partial charge in [-0.25, -0.2) is 0 Å². The molecule has 110 valence electrons. The molecule has 4 atom stereocenters. The number of rotatable bonds is 6. The molecule has 0 spiro atoms. The lowest BCUT2D eigenvalue weighted by atomic mass is 9.98. The van der Waals surface area contributed by atoms with Crippen molar-refractivity contribution in [1.82, 2.24) is 10.2 Å². The molecule has 19 heavy (non-hydrogen) atoms. The van der Waals surface area contributed by atoms with Gasteiger partial charge in [-0.1, -0.05) is 13.3 Å². The standard InChI is InChI=1S/C16H30N2O/c1-2-7-17-16(15-6-8-19-12-15)11-18-9-13-4-3-5-14(13)10-18/h13-17H,2-12H2,1H3. The van der Waals surface area contributed by atoms with Gasteiger partial charge < -0.3 is 15.0 Å². The average Bonchev–Trinajstić information content (AvgIpc) is 3.09. The summed E-state index contributed by atoms with van der Waals surface area (Å²) >= 11 is 0. The van der Waals surface area contributed by atoms with E-state index in [2.05, 4.69) is 17.1 Å². The van der Waals surface area contributed by atoms with E-state index in [1.54, 1.807) is 0 Å². The molecule has 1 N–H and O–H groups in total. The van der Waals surface area contributed by atoms with Gasteiger partial charge in [0.15, 0.2) is 0 Å². The Labute approximate surface area is 118 Å². The van der Waals surface area contributed by atoms with Crippen LogP contribution in [0.3, 0.4) is 0 Å². The second-order valence-electron chi connectivity index (χ2n) is 6.85. The fraction of sp³-hybridized carbons (Fsp3) is 1.00. The molecule has 0 amide bonds. The lowest BCUT2D eigenvalue weighted by Gasteiger charge is -2.29. The van der Waals surface area contributed by atoms with Crippen LogP contribution in [0.2, 0.25) is 0 Å². The van der Waals surface area contributed by atoms with Crippen molar-refractivity contribution in [3.63, 3.8) is 0 Å². The first-order valence-corrected chi connectivity index (χ1v) is 8.40. The summed E-state index contributed by atoms with van der Waals surface area (Å²) in [7, 11) is 0. The molecule has 1 aliphatic carbocycles. The van der Waals surface area contributed by atoms with Crippen molar-refractivity contribution in [2.24, 2.45) is 17.8 Å². The van der Waals surface area contributed by atoms with Crippen LogP contribution in [0.25, 0.3) is 0 Å². The van der Waals surface area contributed by atoms with Gasteiger partial charge in [0.2, 0.25) is 0 Å². The second kappa shape index (κ2) is 6.55. The zero-order valence-corrected chi connectivity index (χ0v) is 12.4. The number of hydrogen-bond donors (Lipinski definition) is 1. The van der Waals surface area contributed by atoms with E-state index < -0.39 is 0 Å². The Bertz CT molecular complexity index is 266. The number of likely N-dealkylation sites (tertiary alicyclic amines) is 1. The molecular weight excluding hydrogens is 236 g/mol. The Hall–Kier alpha value is -0.120. The van der Waals surface area contributed by atoms with E-state index in [-0.39, 0.29) is 0 Å². The minimum Gasteiger partial charge on any atom is -0.381 e. The maximum Gasteiger partial charge on any atom is 0.0510 e. The van der Waals surface area contributed by atoms with E-state index in [9.17, 15) is 0 Å². The summed E-state index contributed by atoms with van der Waals surface area (Å²) in [6.07, 6.45) is 6.94. The number of nitrogens with zero attached hydrogens (tertiary/aromatic N) is 1. The van der Waals surface area contributed by atoms with Gasteiger partial charge >= 0.3 is 0 Å². The molecule has 0 aromatic heterocycles. The van der Waals surface area contributed by atoms with Gasteiger partial charge in [-0.05, 0) is 44.1 Å². The van der Waals surface area contributed by atoms with Crippen LogP contribution < -0.4 is 5.32 Å². The molecule has 4 unspecified atom stereocenters. The Morgan fingerprint density at radius 3 is 2.63 bits per heavy atom. The third kappa shape index (κ3) is 3.32. The van der Waals surface area contributed by atoms with Crippen molar-refractivity contribution >= 4 is 0 Å². The molecule has 1 saturated carbocycles. The van der Waals surface area contributed by atoms with Crippen LogP contribution in [0.4, 0.5) is 0 Å². The van der Waals surface area contributed by atoms with E-state index in [0.29, 0.717) is 6.04 Å². The summed E-state index contributed by atoms with van der Waals surface area (Å²) in [5.41, 5.74) is 0. The molecule has 0 aromatic rings. The monoisotopic (exact) mass is 266 g/mol.